The fourth-order valence-electron chi connectivity index (χ4n) is 0.501. The fourth-order valence-corrected chi connectivity index (χ4v) is 0.501. The summed E-state index contributed by atoms with van der Waals surface area (Å²) in [6.07, 6.45) is 0.231. The molecule has 0 spiro atoms. The number of ketones is 1. The summed E-state index contributed by atoms with van der Waals surface area (Å²) in [6.45, 7) is 6.56. The Labute approximate surface area is 93.0 Å². The Kier molecular flexibility index (Phi) is 8.89. The highest BCUT2D eigenvalue weighted by molar-refractivity contribution is 7.45. The van der Waals surface area contributed by atoms with Gasteiger partial charge in [0.2, 0.25) is 0 Å². The lowest BCUT2D eigenvalue weighted by Gasteiger charge is -1.99. The Balaban J connectivity index is 0. The maximum atomic E-state index is 10.8. The molecule has 0 aromatic rings. The monoisotopic (exact) mass is 254 g/mol. The van der Waals surface area contributed by atoms with Gasteiger partial charge in [0.1, 0.15) is 0 Å². The van der Waals surface area contributed by atoms with Crippen LogP contribution in [0.5, 0.6) is 0 Å². The van der Waals surface area contributed by atoms with Crippen molar-refractivity contribution in [1.82, 2.24) is 0 Å². The van der Waals surface area contributed by atoms with Gasteiger partial charge in [-0.1, -0.05) is 6.58 Å². The third-order valence-electron chi connectivity index (χ3n) is 1.11. The molecule has 0 aliphatic heterocycles. The summed E-state index contributed by atoms with van der Waals surface area (Å²) < 4.78 is 13.4. The van der Waals surface area contributed by atoms with Gasteiger partial charge in [-0.3, -0.25) is 9.59 Å². The molecule has 0 amide bonds. The van der Waals surface area contributed by atoms with Crippen LogP contribution in [-0.4, -0.2) is 33.0 Å². The normalized spacial score (nSPS) is 9.81. The van der Waals surface area contributed by atoms with Crippen LogP contribution < -0.4 is 0 Å². The average Bonchev–Trinajstić information content (AvgIpc) is 1.99. The zero-order valence-electron chi connectivity index (χ0n) is 9.04. The minimum absolute atomic E-state index is 0.0637. The molecule has 0 fully saturated rings. The molecule has 0 rings (SSSR count). The molecule has 16 heavy (non-hydrogen) atoms. The van der Waals surface area contributed by atoms with E-state index in [1.165, 1.54) is 6.92 Å². The number of phosphoric acid groups is 1. The standard InChI is InChI=1S/C8H12O3.H3O4P/c1-6(2)8(10)4-5-11-7(3)9;1-5(2,3)4/h1,4-5H2,2-3H3;(H3,1,2,3,4). The topological polar surface area (TPSA) is 121 Å². The van der Waals surface area contributed by atoms with Crippen molar-refractivity contribution in [2.24, 2.45) is 0 Å². The van der Waals surface area contributed by atoms with Gasteiger partial charge in [-0.15, -0.1) is 0 Å². The summed E-state index contributed by atoms with van der Waals surface area (Å²) in [5.74, 6) is -0.425. The summed E-state index contributed by atoms with van der Waals surface area (Å²) in [5, 5.41) is 0. The summed E-state index contributed by atoms with van der Waals surface area (Å²) in [7, 11) is -4.64. The molecule has 0 atom stereocenters. The van der Waals surface area contributed by atoms with Gasteiger partial charge in [-0.2, -0.15) is 0 Å². The van der Waals surface area contributed by atoms with Crippen molar-refractivity contribution >= 4 is 19.6 Å². The first kappa shape index (κ1) is 17.4. The van der Waals surface area contributed by atoms with Crippen LogP contribution in [0, 0.1) is 0 Å². The minimum Gasteiger partial charge on any atom is -0.465 e. The highest BCUT2D eigenvalue weighted by Crippen LogP contribution is 2.25. The molecule has 0 saturated heterocycles. The van der Waals surface area contributed by atoms with Crippen LogP contribution >= 0.6 is 7.82 Å². The molecule has 0 aromatic heterocycles. The lowest BCUT2D eigenvalue weighted by Crippen LogP contribution is -2.07. The second-order valence-corrected chi connectivity index (χ2v) is 3.83. The third-order valence-corrected chi connectivity index (χ3v) is 1.11. The van der Waals surface area contributed by atoms with Crippen molar-refractivity contribution in [3.05, 3.63) is 12.2 Å². The molecule has 0 heterocycles. The van der Waals surface area contributed by atoms with Gasteiger partial charge in [0.25, 0.3) is 0 Å². The summed E-state index contributed by atoms with van der Waals surface area (Å²) in [6, 6.07) is 0. The van der Waals surface area contributed by atoms with Crippen LogP contribution in [0.1, 0.15) is 20.3 Å². The maximum Gasteiger partial charge on any atom is 0.466 e. The fraction of sp³-hybridized carbons (Fsp3) is 0.500. The van der Waals surface area contributed by atoms with E-state index in [1.807, 2.05) is 0 Å². The van der Waals surface area contributed by atoms with Crippen molar-refractivity contribution in [3.8, 4) is 0 Å². The molecule has 8 heteroatoms. The molecule has 0 saturated carbocycles. The molecule has 0 unspecified atom stereocenters. The predicted octanol–water partition coefficient (Wildman–Crippen LogP) is 0.156. The van der Waals surface area contributed by atoms with Crippen LogP contribution in [0.15, 0.2) is 12.2 Å². The van der Waals surface area contributed by atoms with Gasteiger partial charge < -0.3 is 19.4 Å². The second kappa shape index (κ2) is 8.18. The Morgan fingerprint density at radius 3 is 1.88 bits per heavy atom. The minimum atomic E-state index is -4.64. The van der Waals surface area contributed by atoms with E-state index in [-0.39, 0.29) is 24.8 Å². The largest absolute Gasteiger partial charge is 0.466 e. The zero-order valence-corrected chi connectivity index (χ0v) is 9.94. The number of esters is 1. The quantitative estimate of drug-likeness (QED) is 0.371. The van der Waals surface area contributed by atoms with Crippen LogP contribution in [0.2, 0.25) is 0 Å². The first-order chi connectivity index (χ1) is 7.04. The Bertz CT molecular complexity index is 295. The maximum absolute atomic E-state index is 10.8. The smallest absolute Gasteiger partial charge is 0.465 e. The van der Waals surface area contributed by atoms with Gasteiger partial charge in [0, 0.05) is 13.3 Å². The Hall–Kier alpha value is -1.01. The number of ether oxygens (including phenoxy) is 1. The molecule has 94 valence electrons. The van der Waals surface area contributed by atoms with Crippen LogP contribution in [-0.2, 0) is 18.9 Å². The number of hydrogen-bond donors (Lipinski definition) is 3. The number of hydrogen-bond acceptors (Lipinski definition) is 4. The van der Waals surface area contributed by atoms with Gasteiger partial charge in [-0.05, 0) is 12.5 Å². The molecule has 0 radical (unpaired) electrons. The van der Waals surface area contributed by atoms with Gasteiger partial charge in [-0.25, -0.2) is 4.57 Å². The first-order valence-corrected chi connectivity index (χ1v) is 5.71. The predicted molar refractivity (Wildman–Crippen MR) is 55.3 cm³/mol. The lowest BCUT2D eigenvalue weighted by molar-refractivity contribution is -0.141. The van der Waals surface area contributed by atoms with Gasteiger partial charge in [0.05, 0.1) is 6.61 Å². The van der Waals surface area contributed by atoms with E-state index in [0.717, 1.165) is 0 Å². The zero-order chi connectivity index (χ0) is 13.4. The molecular formula is C8H15O7P. The van der Waals surface area contributed by atoms with E-state index in [0.29, 0.717) is 5.57 Å². The van der Waals surface area contributed by atoms with Crippen molar-refractivity contribution in [3.63, 3.8) is 0 Å². The Morgan fingerprint density at radius 2 is 1.62 bits per heavy atom. The summed E-state index contributed by atoms with van der Waals surface area (Å²) >= 11 is 0. The van der Waals surface area contributed by atoms with E-state index in [1.54, 1.807) is 6.92 Å². The van der Waals surface area contributed by atoms with Crippen LogP contribution in [0.3, 0.4) is 0 Å². The summed E-state index contributed by atoms with van der Waals surface area (Å²) in [5.41, 5.74) is 0.497. The Morgan fingerprint density at radius 1 is 1.25 bits per heavy atom. The highest BCUT2D eigenvalue weighted by Gasteiger charge is 2.02. The van der Waals surface area contributed by atoms with Crippen molar-refractivity contribution in [2.45, 2.75) is 20.3 Å². The number of allylic oxidation sites excluding steroid dienone is 1. The number of carbonyl (C=O) groups is 2. The SMILES string of the molecule is C=C(C)C(=O)CCOC(C)=O.O=P(O)(O)O. The van der Waals surface area contributed by atoms with Crippen LogP contribution in [0.25, 0.3) is 0 Å². The van der Waals surface area contributed by atoms with Crippen LogP contribution in [0.4, 0.5) is 0 Å². The second-order valence-electron chi connectivity index (χ2n) is 2.81. The van der Waals surface area contributed by atoms with E-state index >= 15 is 0 Å². The van der Waals surface area contributed by atoms with Crippen molar-refractivity contribution in [1.29, 1.82) is 0 Å². The van der Waals surface area contributed by atoms with Crippen molar-refractivity contribution < 1.29 is 33.6 Å². The van der Waals surface area contributed by atoms with E-state index in [9.17, 15) is 9.59 Å². The highest BCUT2D eigenvalue weighted by atomic mass is 31.2. The first-order valence-electron chi connectivity index (χ1n) is 4.14. The van der Waals surface area contributed by atoms with E-state index in [2.05, 4.69) is 11.3 Å². The molecule has 3 N–H and O–H groups in total. The van der Waals surface area contributed by atoms with E-state index < -0.39 is 7.82 Å². The van der Waals surface area contributed by atoms with Gasteiger partial charge >= 0.3 is 13.8 Å². The average molecular weight is 254 g/mol. The molecule has 0 aliphatic rings. The number of Topliss-reactive ketones (excluding diaryl/α,β-unsaturated/α-hetero) is 1. The third kappa shape index (κ3) is 23.1. The van der Waals surface area contributed by atoms with E-state index in [4.69, 9.17) is 19.2 Å². The molecule has 0 aliphatic carbocycles. The molecular weight excluding hydrogens is 239 g/mol. The van der Waals surface area contributed by atoms with Gasteiger partial charge in [0.15, 0.2) is 5.78 Å². The van der Waals surface area contributed by atoms with Crippen molar-refractivity contribution in [2.75, 3.05) is 6.61 Å². The molecule has 0 aromatic carbocycles. The molecule has 7 nitrogen and oxygen atoms in total. The molecule has 0 bridgehead atoms. The number of rotatable bonds is 4. The number of carbonyl (C=O) groups excluding carboxylic acids is 2. The summed E-state index contributed by atoms with van der Waals surface area (Å²) in [4.78, 5) is 42.6. The lowest BCUT2D eigenvalue weighted by atomic mass is 10.2.